The second kappa shape index (κ2) is 5.22. The minimum atomic E-state index is -0.201. The Balaban J connectivity index is 1.52. The molecule has 1 nitrogen and oxygen atoms in total. The largest absolute Gasteiger partial charge is 0.392 e. The molecule has 1 N–H and O–H groups in total. The summed E-state index contributed by atoms with van der Waals surface area (Å²) < 4.78 is 12.8. The molecule has 3 heteroatoms. The summed E-state index contributed by atoms with van der Waals surface area (Å²) >= 11 is 1.63. The van der Waals surface area contributed by atoms with Gasteiger partial charge in [-0.05, 0) is 61.3 Å². The number of rotatable bonds is 4. The maximum atomic E-state index is 12.8. The Hall–Kier alpha value is -0.540. The molecule has 1 aromatic carbocycles. The number of hydrogen-bond acceptors (Lipinski definition) is 2. The molecule has 0 saturated heterocycles. The molecule has 2 saturated carbocycles. The van der Waals surface area contributed by atoms with Crippen LogP contribution in [-0.2, 0) is 0 Å². The zero-order chi connectivity index (χ0) is 12.5. The number of thioether (sulfide) groups is 1. The third-order valence-electron chi connectivity index (χ3n) is 4.52. The normalized spacial score (nSPS) is 31.8. The van der Waals surface area contributed by atoms with E-state index in [4.69, 9.17) is 0 Å². The van der Waals surface area contributed by atoms with Crippen molar-refractivity contribution in [2.45, 2.75) is 36.7 Å². The van der Waals surface area contributed by atoms with Gasteiger partial charge in [-0.2, -0.15) is 0 Å². The van der Waals surface area contributed by atoms with Gasteiger partial charge in [0, 0.05) is 10.6 Å². The predicted octanol–water partition coefficient (Wildman–Crippen LogP) is 3.71. The molecule has 2 aliphatic rings. The van der Waals surface area contributed by atoms with Crippen LogP contribution in [0.2, 0.25) is 0 Å². The quantitative estimate of drug-likeness (QED) is 0.838. The Morgan fingerprint density at radius 3 is 2.61 bits per heavy atom. The van der Waals surface area contributed by atoms with Crippen molar-refractivity contribution in [2.24, 2.45) is 17.8 Å². The molecule has 1 aromatic rings. The van der Waals surface area contributed by atoms with E-state index in [1.807, 2.05) is 0 Å². The third kappa shape index (κ3) is 2.57. The fourth-order valence-electron chi connectivity index (χ4n) is 3.60. The molecule has 0 amide bonds. The Bertz CT molecular complexity index is 405. The lowest BCUT2D eigenvalue weighted by Gasteiger charge is -2.26. The van der Waals surface area contributed by atoms with E-state index < -0.39 is 0 Å². The maximum absolute atomic E-state index is 12.8. The first-order chi connectivity index (χ1) is 8.72. The molecule has 2 fully saturated rings. The lowest BCUT2D eigenvalue weighted by atomic mass is 9.85. The van der Waals surface area contributed by atoms with Gasteiger partial charge < -0.3 is 5.11 Å². The molecule has 18 heavy (non-hydrogen) atoms. The SMILES string of the molecule is OC(CSc1ccc(F)cc1)C1CC2CCC1C2. The molecule has 0 aliphatic heterocycles. The van der Waals surface area contributed by atoms with Crippen molar-refractivity contribution in [1.82, 2.24) is 0 Å². The number of aliphatic hydroxyl groups is 1. The Labute approximate surface area is 112 Å². The summed E-state index contributed by atoms with van der Waals surface area (Å²) in [6.07, 6.45) is 5.04. The average Bonchev–Trinajstić information content (AvgIpc) is 3.00. The van der Waals surface area contributed by atoms with E-state index in [9.17, 15) is 9.50 Å². The highest BCUT2D eigenvalue weighted by atomic mass is 32.2. The van der Waals surface area contributed by atoms with Crippen LogP contribution >= 0.6 is 11.8 Å². The molecule has 4 unspecified atom stereocenters. The van der Waals surface area contributed by atoms with Gasteiger partial charge in [-0.1, -0.05) is 6.42 Å². The van der Waals surface area contributed by atoms with Crippen LogP contribution in [-0.4, -0.2) is 17.0 Å². The summed E-state index contributed by atoms with van der Waals surface area (Å²) in [6, 6.07) is 6.53. The van der Waals surface area contributed by atoms with Gasteiger partial charge in [0.25, 0.3) is 0 Å². The zero-order valence-electron chi connectivity index (χ0n) is 10.4. The van der Waals surface area contributed by atoms with Gasteiger partial charge in [0.05, 0.1) is 6.10 Å². The molecule has 3 rings (SSSR count). The van der Waals surface area contributed by atoms with E-state index in [-0.39, 0.29) is 11.9 Å². The Morgan fingerprint density at radius 1 is 1.22 bits per heavy atom. The first-order valence-corrected chi connectivity index (χ1v) is 7.77. The number of hydrogen-bond donors (Lipinski definition) is 1. The number of aliphatic hydroxyl groups excluding tert-OH is 1. The molecule has 0 radical (unpaired) electrons. The van der Waals surface area contributed by atoms with Crippen molar-refractivity contribution in [2.75, 3.05) is 5.75 Å². The van der Waals surface area contributed by atoms with Crippen molar-refractivity contribution in [3.05, 3.63) is 30.1 Å². The highest BCUT2D eigenvalue weighted by Crippen LogP contribution is 2.50. The fraction of sp³-hybridized carbons (Fsp3) is 0.600. The van der Waals surface area contributed by atoms with Crippen LogP contribution in [0.1, 0.15) is 25.7 Å². The Morgan fingerprint density at radius 2 is 2.00 bits per heavy atom. The van der Waals surface area contributed by atoms with Gasteiger partial charge in [-0.3, -0.25) is 0 Å². The highest BCUT2D eigenvalue weighted by Gasteiger charge is 2.42. The van der Waals surface area contributed by atoms with Gasteiger partial charge in [0.2, 0.25) is 0 Å². The van der Waals surface area contributed by atoms with E-state index in [1.165, 1.54) is 37.8 Å². The Kier molecular flexibility index (Phi) is 3.62. The number of benzene rings is 1. The standard InChI is InChI=1S/C15H19FOS/c16-12-3-5-13(6-4-12)18-9-15(17)14-8-10-1-2-11(14)7-10/h3-6,10-11,14-15,17H,1-2,7-9H2. The lowest BCUT2D eigenvalue weighted by Crippen LogP contribution is -2.27. The van der Waals surface area contributed by atoms with Crippen LogP contribution < -0.4 is 0 Å². The topological polar surface area (TPSA) is 20.2 Å². The van der Waals surface area contributed by atoms with E-state index in [1.54, 1.807) is 23.9 Å². The predicted molar refractivity (Wildman–Crippen MR) is 72.1 cm³/mol. The highest BCUT2D eigenvalue weighted by molar-refractivity contribution is 7.99. The van der Waals surface area contributed by atoms with Crippen LogP contribution in [0, 0.1) is 23.6 Å². The van der Waals surface area contributed by atoms with Crippen LogP contribution in [0.3, 0.4) is 0 Å². The summed E-state index contributed by atoms with van der Waals surface area (Å²) in [5, 5.41) is 10.3. The zero-order valence-corrected chi connectivity index (χ0v) is 11.2. The molecule has 4 atom stereocenters. The van der Waals surface area contributed by atoms with Crippen molar-refractivity contribution >= 4 is 11.8 Å². The molecular formula is C15H19FOS. The summed E-state index contributed by atoms with van der Waals surface area (Å²) in [7, 11) is 0. The first-order valence-electron chi connectivity index (χ1n) is 6.79. The van der Waals surface area contributed by atoms with E-state index in [0.29, 0.717) is 5.92 Å². The van der Waals surface area contributed by atoms with Gasteiger partial charge in [0.15, 0.2) is 0 Å². The second-order valence-corrected chi connectivity index (χ2v) is 6.76. The third-order valence-corrected chi connectivity index (χ3v) is 5.64. The van der Waals surface area contributed by atoms with Gasteiger partial charge >= 0.3 is 0 Å². The average molecular weight is 266 g/mol. The minimum absolute atomic E-state index is 0.199. The number of fused-ring (bicyclic) bond motifs is 2. The molecule has 0 heterocycles. The van der Waals surface area contributed by atoms with Gasteiger partial charge in [0.1, 0.15) is 5.82 Å². The minimum Gasteiger partial charge on any atom is -0.392 e. The molecule has 0 aromatic heterocycles. The van der Waals surface area contributed by atoms with E-state index in [0.717, 1.165) is 22.5 Å². The molecule has 98 valence electrons. The molecule has 2 bridgehead atoms. The maximum Gasteiger partial charge on any atom is 0.123 e. The molecule has 2 aliphatic carbocycles. The lowest BCUT2D eigenvalue weighted by molar-refractivity contribution is 0.0944. The summed E-state index contributed by atoms with van der Waals surface area (Å²) in [6.45, 7) is 0. The van der Waals surface area contributed by atoms with Crippen molar-refractivity contribution < 1.29 is 9.50 Å². The van der Waals surface area contributed by atoms with Crippen LogP contribution in [0.25, 0.3) is 0 Å². The fourth-order valence-corrected chi connectivity index (χ4v) is 4.54. The van der Waals surface area contributed by atoms with Crippen LogP contribution in [0.15, 0.2) is 29.2 Å². The van der Waals surface area contributed by atoms with Crippen molar-refractivity contribution in [3.8, 4) is 0 Å². The molecular weight excluding hydrogens is 247 g/mol. The summed E-state index contributed by atoms with van der Waals surface area (Å²) in [5.74, 6) is 2.69. The van der Waals surface area contributed by atoms with Gasteiger partial charge in [-0.15, -0.1) is 11.8 Å². The van der Waals surface area contributed by atoms with Crippen molar-refractivity contribution in [3.63, 3.8) is 0 Å². The van der Waals surface area contributed by atoms with E-state index >= 15 is 0 Å². The molecule has 0 spiro atoms. The van der Waals surface area contributed by atoms with Crippen LogP contribution in [0.4, 0.5) is 4.39 Å². The summed E-state index contributed by atoms with van der Waals surface area (Å²) in [5.41, 5.74) is 0. The van der Waals surface area contributed by atoms with E-state index in [2.05, 4.69) is 0 Å². The number of halogens is 1. The monoisotopic (exact) mass is 266 g/mol. The van der Waals surface area contributed by atoms with Crippen molar-refractivity contribution in [1.29, 1.82) is 0 Å². The first kappa shape index (κ1) is 12.5. The smallest absolute Gasteiger partial charge is 0.123 e. The second-order valence-electron chi connectivity index (χ2n) is 5.67. The summed E-state index contributed by atoms with van der Waals surface area (Å²) in [4.78, 5) is 1.04. The van der Waals surface area contributed by atoms with Gasteiger partial charge in [-0.25, -0.2) is 4.39 Å². The van der Waals surface area contributed by atoms with Crippen LogP contribution in [0.5, 0.6) is 0 Å².